The molecule has 5 heteroatoms. The van der Waals surface area contributed by atoms with Gasteiger partial charge < -0.3 is 4.74 Å². The first kappa shape index (κ1) is 19.2. The van der Waals surface area contributed by atoms with E-state index in [9.17, 15) is 9.59 Å². The number of carbonyl (C=O) groups is 1. The summed E-state index contributed by atoms with van der Waals surface area (Å²) in [5, 5.41) is 1.89. The molecule has 5 rings (SSSR count). The molecule has 0 saturated carbocycles. The fraction of sp³-hybridized carbons (Fsp3) is 0.192. The maximum Gasteiger partial charge on any atom is 0.343 e. The Morgan fingerprint density at radius 2 is 1.71 bits per heavy atom. The first-order valence-electron chi connectivity index (χ1n) is 10.6. The molecular weight excluding hydrogens is 388 g/mol. The molecule has 1 aliphatic rings. The number of aryl methyl sites for hydroxylation is 1. The van der Waals surface area contributed by atoms with Crippen LogP contribution in [-0.4, -0.2) is 15.5 Å². The number of rotatable bonds is 3. The highest BCUT2D eigenvalue weighted by Gasteiger charge is 2.19. The van der Waals surface area contributed by atoms with E-state index in [4.69, 9.17) is 9.72 Å². The zero-order valence-corrected chi connectivity index (χ0v) is 17.1. The lowest BCUT2D eigenvalue weighted by Crippen LogP contribution is -2.24. The number of aromatic nitrogens is 2. The minimum Gasteiger partial charge on any atom is -0.422 e. The van der Waals surface area contributed by atoms with Crippen molar-refractivity contribution in [3.8, 4) is 17.0 Å². The molecule has 154 valence electrons. The highest BCUT2D eigenvalue weighted by molar-refractivity contribution is 6.01. The lowest BCUT2D eigenvalue weighted by atomic mass is 10.0. The SMILES string of the molecule is O=C(Oc1ccc2ccccc2c1-c1cc(=O)n2c(n1)CCCCC2)c1ccccc1. The van der Waals surface area contributed by atoms with E-state index in [-0.39, 0.29) is 5.56 Å². The molecule has 1 aliphatic heterocycles. The number of benzene rings is 3. The van der Waals surface area contributed by atoms with Crippen LogP contribution >= 0.6 is 0 Å². The van der Waals surface area contributed by atoms with Gasteiger partial charge in [0, 0.05) is 19.0 Å². The van der Waals surface area contributed by atoms with E-state index in [1.165, 1.54) is 0 Å². The lowest BCUT2D eigenvalue weighted by Gasteiger charge is -2.15. The monoisotopic (exact) mass is 410 g/mol. The van der Waals surface area contributed by atoms with E-state index in [0.29, 0.717) is 29.1 Å². The number of fused-ring (bicyclic) bond motifs is 2. The van der Waals surface area contributed by atoms with E-state index in [0.717, 1.165) is 42.3 Å². The fourth-order valence-corrected chi connectivity index (χ4v) is 4.18. The molecule has 0 spiro atoms. The summed E-state index contributed by atoms with van der Waals surface area (Å²) < 4.78 is 7.59. The Morgan fingerprint density at radius 1 is 0.903 bits per heavy atom. The van der Waals surface area contributed by atoms with Crippen molar-refractivity contribution in [3.63, 3.8) is 0 Å². The van der Waals surface area contributed by atoms with Gasteiger partial charge in [-0.1, -0.05) is 55.0 Å². The fourth-order valence-electron chi connectivity index (χ4n) is 4.18. The molecule has 0 aliphatic carbocycles. The summed E-state index contributed by atoms with van der Waals surface area (Å²) >= 11 is 0. The van der Waals surface area contributed by atoms with Crippen LogP contribution in [0, 0.1) is 0 Å². The molecule has 5 nitrogen and oxygen atoms in total. The van der Waals surface area contributed by atoms with Crippen LogP contribution in [0.1, 0.15) is 35.4 Å². The Kier molecular flexibility index (Phi) is 5.08. The van der Waals surface area contributed by atoms with Crippen molar-refractivity contribution < 1.29 is 9.53 Å². The highest BCUT2D eigenvalue weighted by atomic mass is 16.5. The predicted molar refractivity (Wildman–Crippen MR) is 120 cm³/mol. The molecule has 0 saturated heterocycles. The summed E-state index contributed by atoms with van der Waals surface area (Å²) in [5.74, 6) is 0.759. The molecule has 3 aromatic carbocycles. The molecule has 0 N–H and O–H groups in total. The predicted octanol–water partition coefficient (Wildman–Crippen LogP) is 5.01. The van der Waals surface area contributed by atoms with Crippen LogP contribution in [0.3, 0.4) is 0 Å². The zero-order valence-electron chi connectivity index (χ0n) is 17.1. The smallest absolute Gasteiger partial charge is 0.343 e. The second kappa shape index (κ2) is 8.19. The van der Waals surface area contributed by atoms with E-state index < -0.39 is 5.97 Å². The van der Waals surface area contributed by atoms with Gasteiger partial charge in [0.05, 0.1) is 16.8 Å². The molecule has 0 unspecified atom stereocenters. The van der Waals surface area contributed by atoms with Gasteiger partial charge in [0.15, 0.2) is 0 Å². The molecule has 1 aromatic heterocycles. The first-order chi connectivity index (χ1) is 15.2. The third-order valence-electron chi connectivity index (χ3n) is 5.73. The summed E-state index contributed by atoms with van der Waals surface area (Å²) in [4.78, 5) is 30.6. The average molecular weight is 410 g/mol. The van der Waals surface area contributed by atoms with Gasteiger partial charge >= 0.3 is 5.97 Å². The molecule has 4 aromatic rings. The molecule has 0 bridgehead atoms. The Hall–Kier alpha value is -3.73. The zero-order chi connectivity index (χ0) is 21.2. The summed E-state index contributed by atoms with van der Waals surface area (Å²) in [6.07, 6.45) is 3.86. The second-order valence-electron chi connectivity index (χ2n) is 7.77. The Labute approximate surface area is 179 Å². The van der Waals surface area contributed by atoms with Crippen LogP contribution in [0.5, 0.6) is 5.75 Å². The Morgan fingerprint density at radius 3 is 2.58 bits per heavy atom. The van der Waals surface area contributed by atoms with E-state index in [2.05, 4.69) is 0 Å². The third-order valence-corrected chi connectivity index (χ3v) is 5.73. The van der Waals surface area contributed by atoms with Gasteiger partial charge in [0.2, 0.25) is 0 Å². The van der Waals surface area contributed by atoms with Gasteiger partial charge in [-0.05, 0) is 41.8 Å². The van der Waals surface area contributed by atoms with Crippen molar-refractivity contribution in [2.45, 2.75) is 32.2 Å². The van der Waals surface area contributed by atoms with Gasteiger partial charge in [0.25, 0.3) is 5.56 Å². The first-order valence-corrected chi connectivity index (χ1v) is 10.6. The largest absolute Gasteiger partial charge is 0.422 e. The number of carbonyl (C=O) groups excluding carboxylic acids is 1. The molecule has 2 heterocycles. The number of hydrogen-bond acceptors (Lipinski definition) is 4. The van der Waals surface area contributed by atoms with Gasteiger partial charge in [-0.2, -0.15) is 0 Å². The minimum atomic E-state index is -0.441. The molecule has 0 radical (unpaired) electrons. The van der Waals surface area contributed by atoms with Crippen molar-refractivity contribution in [3.05, 3.63) is 94.5 Å². The highest BCUT2D eigenvalue weighted by Crippen LogP contribution is 2.36. The molecule has 31 heavy (non-hydrogen) atoms. The number of ether oxygens (including phenoxy) is 1. The molecule has 0 fully saturated rings. The summed E-state index contributed by atoms with van der Waals surface area (Å²) in [5.41, 5.74) is 1.63. The van der Waals surface area contributed by atoms with Crippen LogP contribution < -0.4 is 10.3 Å². The van der Waals surface area contributed by atoms with Gasteiger partial charge in [-0.15, -0.1) is 0 Å². The van der Waals surface area contributed by atoms with Crippen LogP contribution in [0.25, 0.3) is 22.0 Å². The van der Waals surface area contributed by atoms with Crippen molar-refractivity contribution in [1.82, 2.24) is 9.55 Å². The summed E-state index contributed by atoms with van der Waals surface area (Å²) in [6, 6.07) is 22.0. The van der Waals surface area contributed by atoms with Crippen molar-refractivity contribution in [2.24, 2.45) is 0 Å². The van der Waals surface area contributed by atoms with Gasteiger partial charge in [-0.25, -0.2) is 9.78 Å². The van der Waals surface area contributed by atoms with Gasteiger partial charge in [0.1, 0.15) is 11.6 Å². The van der Waals surface area contributed by atoms with E-state index in [1.54, 1.807) is 41.0 Å². The third kappa shape index (κ3) is 3.75. The quantitative estimate of drug-likeness (QED) is 0.352. The standard InChI is InChI=1S/C26H22N2O3/c29-24-17-21(27-23-13-5-2-8-16-28(23)24)25-20-12-7-6-9-18(20)14-15-22(25)31-26(30)19-10-3-1-4-11-19/h1,3-4,6-7,9-12,14-15,17H,2,5,8,13,16H2. The van der Waals surface area contributed by atoms with Crippen LogP contribution in [0.2, 0.25) is 0 Å². The van der Waals surface area contributed by atoms with Crippen LogP contribution in [0.4, 0.5) is 0 Å². The Bertz CT molecular complexity index is 1330. The van der Waals surface area contributed by atoms with Crippen molar-refractivity contribution >= 4 is 16.7 Å². The van der Waals surface area contributed by atoms with Crippen molar-refractivity contribution in [1.29, 1.82) is 0 Å². The summed E-state index contributed by atoms with van der Waals surface area (Å²) in [6.45, 7) is 0.701. The molecule has 0 amide bonds. The maximum atomic E-state index is 12.9. The normalized spacial score (nSPS) is 13.4. The van der Waals surface area contributed by atoms with E-state index in [1.807, 2.05) is 36.4 Å². The second-order valence-corrected chi connectivity index (χ2v) is 7.77. The topological polar surface area (TPSA) is 61.2 Å². The van der Waals surface area contributed by atoms with Gasteiger partial charge in [-0.3, -0.25) is 9.36 Å². The number of esters is 1. The Balaban J connectivity index is 1.68. The lowest BCUT2D eigenvalue weighted by molar-refractivity contribution is 0.0736. The average Bonchev–Trinajstić information content (AvgIpc) is 3.05. The van der Waals surface area contributed by atoms with Crippen molar-refractivity contribution in [2.75, 3.05) is 0 Å². The number of hydrogen-bond donors (Lipinski definition) is 0. The van der Waals surface area contributed by atoms with Crippen LogP contribution in [-0.2, 0) is 13.0 Å². The summed E-state index contributed by atoms with van der Waals surface area (Å²) in [7, 11) is 0. The molecule has 0 atom stereocenters. The minimum absolute atomic E-state index is 0.0600. The maximum absolute atomic E-state index is 12.9. The molecular formula is C26H22N2O3. The van der Waals surface area contributed by atoms with E-state index >= 15 is 0 Å². The number of nitrogens with zero attached hydrogens (tertiary/aromatic N) is 2. The van der Waals surface area contributed by atoms with Crippen LogP contribution in [0.15, 0.2) is 77.6 Å².